The Labute approximate surface area is 278 Å². The van der Waals surface area contributed by atoms with Crippen molar-refractivity contribution in [2.24, 2.45) is 17.3 Å². The van der Waals surface area contributed by atoms with Gasteiger partial charge in [0.25, 0.3) is 0 Å². The van der Waals surface area contributed by atoms with Gasteiger partial charge in [0.2, 0.25) is 11.8 Å². The quantitative estimate of drug-likeness (QED) is 0.388. The molecule has 0 unspecified atom stereocenters. The molecule has 2 amide bonds. The van der Waals surface area contributed by atoms with Crippen LogP contribution in [0.2, 0.25) is 0 Å². The molecule has 1 saturated heterocycles. The summed E-state index contributed by atoms with van der Waals surface area (Å²) in [6.45, 7) is 13.1. The maximum Gasteiger partial charge on any atom is 0.408 e. The topological polar surface area (TPSA) is 129 Å². The van der Waals surface area contributed by atoms with Crippen LogP contribution in [0.5, 0.6) is 11.6 Å². The van der Waals surface area contributed by atoms with Crippen LogP contribution in [-0.4, -0.2) is 76.4 Å². The third kappa shape index (κ3) is 8.09. The normalized spacial score (nSPS) is 27.9. The molecule has 0 spiro atoms. The number of carbonyl (C=O) groups is 3. The van der Waals surface area contributed by atoms with Crippen molar-refractivity contribution < 1.29 is 33.3 Å². The molecule has 1 aromatic carbocycles. The molecule has 2 aliphatic heterocycles. The maximum absolute atomic E-state index is 14.5. The summed E-state index contributed by atoms with van der Waals surface area (Å²) in [5, 5.41) is 2.90. The van der Waals surface area contributed by atoms with Crippen LogP contribution in [0.15, 0.2) is 18.2 Å². The second-order valence-electron chi connectivity index (χ2n) is 15.5. The van der Waals surface area contributed by atoms with E-state index >= 15 is 0 Å². The molecule has 3 heterocycles. The van der Waals surface area contributed by atoms with Gasteiger partial charge in [-0.2, -0.15) is 0 Å². The first kappa shape index (κ1) is 34.7. The van der Waals surface area contributed by atoms with Crippen LogP contribution >= 0.6 is 0 Å². The van der Waals surface area contributed by atoms with Crippen molar-refractivity contribution in [3.05, 3.63) is 23.9 Å². The summed E-state index contributed by atoms with van der Waals surface area (Å²) in [6, 6.07) is 3.70. The first-order valence-electron chi connectivity index (χ1n) is 17.2. The van der Waals surface area contributed by atoms with Crippen molar-refractivity contribution in [2.75, 3.05) is 13.7 Å². The summed E-state index contributed by atoms with van der Waals surface area (Å²) in [7, 11) is 1.61. The van der Waals surface area contributed by atoms with E-state index in [-0.39, 0.29) is 24.5 Å². The largest absolute Gasteiger partial charge is 0.497 e. The van der Waals surface area contributed by atoms with E-state index < -0.39 is 47.2 Å². The zero-order valence-electron chi connectivity index (χ0n) is 29.3. The molecule has 1 N–H and O–H groups in total. The molecule has 11 heteroatoms. The second kappa shape index (κ2) is 13.8. The van der Waals surface area contributed by atoms with E-state index in [9.17, 15) is 14.4 Å². The van der Waals surface area contributed by atoms with E-state index in [0.717, 1.165) is 56.2 Å². The van der Waals surface area contributed by atoms with Crippen molar-refractivity contribution in [3.8, 4) is 11.6 Å². The van der Waals surface area contributed by atoms with E-state index in [1.54, 1.807) is 27.9 Å². The number of aromatic nitrogens is 2. The summed E-state index contributed by atoms with van der Waals surface area (Å²) in [6.07, 6.45) is 6.00. The molecule has 258 valence electrons. The third-order valence-electron chi connectivity index (χ3n) is 9.61. The number of fused-ring (bicyclic) bond motifs is 5. The second-order valence-corrected chi connectivity index (χ2v) is 15.5. The number of benzene rings is 1. The lowest BCUT2D eigenvalue weighted by atomic mass is 9.85. The highest BCUT2D eigenvalue weighted by Crippen LogP contribution is 2.36. The summed E-state index contributed by atoms with van der Waals surface area (Å²) in [5.74, 6) is -0.0121. The highest BCUT2D eigenvalue weighted by molar-refractivity contribution is 5.91. The lowest BCUT2D eigenvalue weighted by molar-refractivity contribution is -0.165. The molecule has 2 bridgehead atoms. The summed E-state index contributed by atoms with van der Waals surface area (Å²) < 4.78 is 23.9. The van der Waals surface area contributed by atoms with E-state index in [1.807, 2.05) is 45.9 Å². The van der Waals surface area contributed by atoms with Gasteiger partial charge >= 0.3 is 12.1 Å². The minimum Gasteiger partial charge on any atom is -0.497 e. The standard InChI is InChI=1S/C36H52N4O7/c1-21-28-20-40(29(21)33(42)47-36(5,6)7)32(41)30(35(2,3)4)39-34(43)46-27-16-12-14-22(27)13-10-9-11-15-25-31(45-28)38-26-19-23(44-8)17-18-24(26)37-25/h17-19,21-22,27-30H,9-16,20H2,1-8H3,(H,39,43)/t21-,22-,27-,28+,29+,30-/m1/s1. The number of amides is 2. The summed E-state index contributed by atoms with van der Waals surface area (Å²) in [4.78, 5) is 53.0. The van der Waals surface area contributed by atoms with E-state index in [2.05, 4.69) is 5.32 Å². The zero-order chi connectivity index (χ0) is 34.1. The lowest BCUT2D eigenvalue weighted by Crippen LogP contribution is -2.58. The van der Waals surface area contributed by atoms with Gasteiger partial charge in [0.1, 0.15) is 41.3 Å². The van der Waals surface area contributed by atoms with E-state index in [0.29, 0.717) is 23.6 Å². The number of hydrogen-bond acceptors (Lipinski definition) is 9. The Kier molecular flexibility index (Phi) is 10.2. The number of ether oxygens (including phenoxy) is 4. The van der Waals surface area contributed by atoms with Gasteiger partial charge in [0.15, 0.2) is 0 Å². The van der Waals surface area contributed by atoms with Gasteiger partial charge in [0, 0.05) is 12.0 Å². The molecule has 47 heavy (non-hydrogen) atoms. The average Bonchev–Trinajstić information content (AvgIpc) is 3.56. The SMILES string of the molecule is COc1ccc2nc3c(nc2c1)O[C@H]1CN(C(=O)[C@H](C(C)(C)C)NC(=O)O[C@@H]2CCC[C@H]2CCCCC3)[C@H](C(=O)OC(C)(C)C)[C@@H]1C. The monoisotopic (exact) mass is 652 g/mol. The molecule has 3 aliphatic rings. The van der Waals surface area contributed by atoms with Crippen molar-refractivity contribution >= 4 is 29.0 Å². The molecule has 11 nitrogen and oxygen atoms in total. The van der Waals surface area contributed by atoms with Crippen LogP contribution < -0.4 is 14.8 Å². The van der Waals surface area contributed by atoms with E-state index in [1.165, 1.54) is 4.90 Å². The Morgan fingerprint density at radius 1 is 0.936 bits per heavy atom. The van der Waals surface area contributed by atoms with Crippen LogP contribution in [0.25, 0.3) is 11.0 Å². The van der Waals surface area contributed by atoms with Crippen LogP contribution in [0.3, 0.4) is 0 Å². The van der Waals surface area contributed by atoms with Gasteiger partial charge in [-0.05, 0) is 82.8 Å². The van der Waals surface area contributed by atoms with Gasteiger partial charge in [-0.15, -0.1) is 0 Å². The highest BCUT2D eigenvalue weighted by atomic mass is 16.6. The predicted molar refractivity (Wildman–Crippen MR) is 177 cm³/mol. The van der Waals surface area contributed by atoms with Crippen LogP contribution in [0, 0.1) is 17.3 Å². The first-order chi connectivity index (χ1) is 22.1. The summed E-state index contributed by atoms with van der Waals surface area (Å²) in [5.41, 5.74) is 0.679. The fourth-order valence-corrected chi connectivity index (χ4v) is 7.09. The van der Waals surface area contributed by atoms with Gasteiger partial charge in [0.05, 0.1) is 24.7 Å². The van der Waals surface area contributed by atoms with Crippen molar-refractivity contribution in [3.63, 3.8) is 0 Å². The smallest absolute Gasteiger partial charge is 0.408 e. The van der Waals surface area contributed by atoms with Gasteiger partial charge < -0.3 is 29.2 Å². The van der Waals surface area contributed by atoms with Gasteiger partial charge in [-0.3, -0.25) is 4.79 Å². The molecule has 5 rings (SSSR count). The van der Waals surface area contributed by atoms with Crippen LogP contribution in [0.4, 0.5) is 4.79 Å². The predicted octanol–water partition coefficient (Wildman–Crippen LogP) is 6.00. The fraction of sp³-hybridized carbons (Fsp3) is 0.694. The number of methoxy groups -OCH3 is 1. The Morgan fingerprint density at radius 3 is 2.38 bits per heavy atom. The molecular weight excluding hydrogens is 600 g/mol. The molecule has 6 atom stereocenters. The average molecular weight is 653 g/mol. The highest BCUT2D eigenvalue weighted by Gasteiger charge is 2.51. The number of carbonyl (C=O) groups excluding carboxylic acids is 3. The lowest BCUT2D eigenvalue weighted by Gasteiger charge is -2.36. The summed E-state index contributed by atoms with van der Waals surface area (Å²) >= 11 is 0. The Hall–Kier alpha value is -3.63. The number of nitrogens with one attached hydrogen (secondary N) is 1. The van der Waals surface area contributed by atoms with Crippen LogP contribution in [0.1, 0.15) is 99.1 Å². The van der Waals surface area contributed by atoms with Crippen molar-refractivity contribution in [1.29, 1.82) is 0 Å². The molecule has 1 aliphatic carbocycles. The van der Waals surface area contributed by atoms with Crippen LogP contribution in [-0.2, 0) is 25.5 Å². The van der Waals surface area contributed by atoms with Crippen molar-refractivity contribution in [2.45, 2.75) is 130 Å². The molecular formula is C36H52N4O7. The zero-order valence-corrected chi connectivity index (χ0v) is 29.3. The maximum atomic E-state index is 14.5. The number of alkyl carbamates (subject to hydrolysis) is 1. The molecule has 2 aromatic rings. The number of esters is 1. The Bertz CT molecular complexity index is 1470. The van der Waals surface area contributed by atoms with Gasteiger partial charge in [-0.1, -0.05) is 40.5 Å². The first-order valence-corrected chi connectivity index (χ1v) is 17.2. The Balaban J connectivity index is 1.55. The molecule has 0 radical (unpaired) electrons. The minimum atomic E-state index is -0.951. The molecule has 2 fully saturated rings. The fourth-order valence-electron chi connectivity index (χ4n) is 7.09. The number of nitrogens with zero attached hydrogens (tertiary/aromatic N) is 3. The molecule has 1 aromatic heterocycles. The van der Waals surface area contributed by atoms with Crippen molar-refractivity contribution in [1.82, 2.24) is 20.2 Å². The molecule has 1 saturated carbocycles. The third-order valence-corrected chi connectivity index (χ3v) is 9.61. The van der Waals surface area contributed by atoms with E-state index in [4.69, 9.17) is 28.9 Å². The number of hydrogen-bond donors (Lipinski definition) is 1. The Morgan fingerprint density at radius 2 is 1.68 bits per heavy atom. The number of aryl methyl sites for hydroxylation is 1. The minimum absolute atomic E-state index is 0.106. The number of rotatable bonds is 2. The van der Waals surface area contributed by atoms with Gasteiger partial charge in [-0.25, -0.2) is 19.6 Å².